The van der Waals surface area contributed by atoms with E-state index in [-0.39, 0.29) is 11.6 Å². The highest BCUT2D eigenvalue weighted by molar-refractivity contribution is 5.89. The number of fused-ring (bicyclic) bond motifs is 1. The molecule has 252 valence electrons. The number of benzene rings is 2. The normalized spacial score (nSPS) is 11.7. The molecule has 0 aliphatic heterocycles. The molecular weight excluding hydrogens is 606 g/mol. The van der Waals surface area contributed by atoms with Gasteiger partial charge in [0.25, 0.3) is 5.56 Å². The zero-order chi connectivity index (χ0) is 33.9. The maximum Gasteiger partial charge on any atom is 0.264 e. The SMILES string of the molecule is CCC[C@@H](C)Nc1nc(N(Cc2ccc(OC)cc2)Cc2ccc(OC)cc2)nc2ccn(Cc3ccc(OCCNC)nc3)c(=O)c12. The van der Waals surface area contributed by atoms with Crippen molar-refractivity contribution in [2.45, 2.75) is 52.4 Å². The Hall–Kier alpha value is -5.16. The largest absolute Gasteiger partial charge is 0.497 e. The first kappa shape index (κ1) is 34.2. The summed E-state index contributed by atoms with van der Waals surface area (Å²) in [6.07, 6.45) is 5.45. The number of ether oxygens (including phenoxy) is 3. The Bertz CT molecular complexity index is 1760. The van der Waals surface area contributed by atoms with Crippen LogP contribution in [0.3, 0.4) is 0 Å². The van der Waals surface area contributed by atoms with Crippen molar-refractivity contribution < 1.29 is 14.2 Å². The Morgan fingerprint density at radius 2 is 1.52 bits per heavy atom. The van der Waals surface area contributed by atoms with Gasteiger partial charge < -0.3 is 34.3 Å². The average molecular weight is 652 g/mol. The predicted molar refractivity (Wildman–Crippen MR) is 190 cm³/mol. The van der Waals surface area contributed by atoms with Crippen LogP contribution in [0.5, 0.6) is 17.4 Å². The molecule has 0 saturated carbocycles. The lowest BCUT2D eigenvalue weighted by Crippen LogP contribution is -2.27. The monoisotopic (exact) mass is 651 g/mol. The van der Waals surface area contributed by atoms with Crippen LogP contribution in [0.15, 0.2) is 83.9 Å². The molecule has 11 heteroatoms. The molecule has 1 atom stereocenters. The van der Waals surface area contributed by atoms with Crippen LogP contribution in [0.2, 0.25) is 0 Å². The third-order valence-electron chi connectivity index (χ3n) is 8.02. The van der Waals surface area contributed by atoms with Crippen LogP contribution in [0.1, 0.15) is 43.4 Å². The fourth-order valence-corrected chi connectivity index (χ4v) is 5.42. The molecule has 2 aromatic carbocycles. The number of aromatic nitrogens is 4. The number of anilines is 2. The van der Waals surface area contributed by atoms with Crippen molar-refractivity contribution >= 4 is 22.7 Å². The van der Waals surface area contributed by atoms with E-state index in [2.05, 4.69) is 34.4 Å². The second kappa shape index (κ2) is 16.6. The van der Waals surface area contributed by atoms with E-state index in [0.29, 0.717) is 54.8 Å². The summed E-state index contributed by atoms with van der Waals surface area (Å²) >= 11 is 0. The summed E-state index contributed by atoms with van der Waals surface area (Å²) in [6.45, 7) is 6.95. The molecule has 0 aliphatic rings. The van der Waals surface area contributed by atoms with Crippen LogP contribution in [0, 0.1) is 0 Å². The summed E-state index contributed by atoms with van der Waals surface area (Å²) in [5.74, 6) is 3.18. The summed E-state index contributed by atoms with van der Waals surface area (Å²) in [7, 11) is 5.19. The first-order valence-electron chi connectivity index (χ1n) is 16.3. The number of methoxy groups -OCH3 is 2. The van der Waals surface area contributed by atoms with Crippen molar-refractivity contribution in [2.24, 2.45) is 0 Å². The number of rotatable bonds is 17. The highest BCUT2D eigenvalue weighted by Crippen LogP contribution is 2.26. The fourth-order valence-electron chi connectivity index (χ4n) is 5.42. The van der Waals surface area contributed by atoms with Crippen LogP contribution in [-0.2, 0) is 19.6 Å². The molecule has 0 bridgehead atoms. The predicted octanol–water partition coefficient (Wildman–Crippen LogP) is 5.66. The maximum absolute atomic E-state index is 14.1. The standard InChI is InChI=1S/C37H45N7O4/c1-6-7-26(2)40-35-34-32(18-20-43(36(34)45)25-29-12-17-33(39-22-29)48-21-19-38-3)41-37(42-35)44(23-27-8-13-30(46-4)14-9-27)24-28-10-15-31(47-5)16-11-28/h8-18,20,22,26,38H,6-7,19,21,23-25H2,1-5H3,(H,40,41,42)/t26-/m1/s1. The van der Waals surface area contributed by atoms with Gasteiger partial charge in [-0.25, -0.2) is 9.97 Å². The smallest absolute Gasteiger partial charge is 0.264 e. The van der Waals surface area contributed by atoms with E-state index in [1.54, 1.807) is 31.2 Å². The van der Waals surface area contributed by atoms with E-state index in [9.17, 15) is 4.79 Å². The lowest BCUT2D eigenvalue weighted by Gasteiger charge is -2.25. The lowest BCUT2D eigenvalue weighted by molar-refractivity contribution is 0.306. The van der Waals surface area contributed by atoms with Crippen molar-refractivity contribution in [3.05, 3.63) is 106 Å². The van der Waals surface area contributed by atoms with Gasteiger partial charge in [-0.15, -0.1) is 0 Å². The van der Waals surface area contributed by atoms with Crippen molar-refractivity contribution in [2.75, 3.05) is 44.6 Å². The molecule has 0 aliphatic carbocycles. The number of likely N-dealkylation sites (N-methyl/N-ethyl adjacent to an activating group) is 1. The van der Waals surface area contributed by atoms with Crippen LogP contribution >= 0.6 is 0 Å². The van der Waals surface area contributed by atoms with Gasteiger partial charge in [-0.1, -0.05) is 43.7 Å². The molecular formula is C37H45N7O4. The summed E-state index contributed by atoms with van der Waals surface area (Å²) in [5.41, 5.74) is 3.44. The van der Waals surface area contributed by atoms with E-state index in [4.69, 9.17) is 24.2 Å². The number of hydrogen-bond donors (Lipinski definition) is 2. The van der Waals surface area contributed by atoms with Gasteiger partial charge in [-0.05, 0) is 67.4 Å². The van der Waals surface area contributed by atoms with Crippen molar-refractivity contribution in [1.29, 1.82) is 0 Å². The van der Waals surface area contributed by atoms with Gasteiger partial charge in [0, 0.05) is 44.1 Å². The van der Waals surface area contributed by atoms with E-state index >= 15 is 0 Å². The first-order chi connectivity index (χ1) is 23.4. The molecule has 0 saturated heterocycles. The minimum Gasteiger partial charge on any atom is -0.497 e. The molecule has 0 amide bonds. The van der Waals surface area contributed by atoms with Crippen molar-refractivity contribution in [1.82, 2.24) is 24.8 Å². The van der Waals surface area contributed by atoms with Gasteiger partial charge in [0.05, 0.1) is 26.3 Å². The third-order valence-corrected chi connectivity index (χ3v) is 8.02. The molecule has 2 N–H and O–H groups in total. The molecule has 0 unspecified atom stereocenters. The Labute approximate surface area is 281 Å². The van der Waals surface area contributed by atoms with Crippen LogP contribution in [-0.4, -0.2) is 60.0 Å². The average Bonchev–Trinajstić information content (AvgIpc) is 3.10. The Balaban J connectivity index is 1.52. The molecule has 5 rings (SSSR count). The molecule has 0 fully saturated rings. The Morgan fingerprint density at radius 3 is 2.08 bits per heavy atom. The van der Waals surface area contributed by atoms with Crippen LogP contribution < -0.4 is 35.3 Å². The quantitative estimate of drug-likeness (QED) is 0.122. The highest BCUT2D eigenvalue weighted by atomic mass is 16.5. The number of nitrogens with zero attached hydrogens (tertiary/aromatic N) is 5. The zero-order valence-electron chi connectivity index (χ0n) is 28.4. The second-order valence-corrected chi connectivity index (χ2v) is 11.7. The van der Waals surface area contributed by atoms with Gasteiger partial charge in [0.15, 0.2) is 0 Å². The summed E-state index contributed by atoms with van der Waals surface area (Å²) < 4.78 is 18.1. The Morgan fingerprint density at radius 1 is 0.875 bits per heavy atom. The molecule has 0 spiro atoms. The molecule has 0 radical (unpaired) electrons. The number of hydrogen-bond acceptors (Lipinski definition) is 10. The summed E-state index contributed by atoms with van der Waals surface area (Å²) in [6, 6.07) is 21.7. The molecule has 3 heterocycles. The van der Waals surface area contributed by atoms with Gasteiger partial charge in [0.2, 0.25) is 11.8 Å². The zero-order valence-corrected chi connectivity index (χ0v) is 28.4. The van der Waals surface area contributed by atoms with Crippen molar-refractivity contribution in [3.8, 4) is 17.4 Å². The topological polar surface area (TPSA) is 116 Å². The summed E-state index contributed by atoms with van der Waals surface area (Å²) in [5, 5.41) is 7.05. The first-order valence-corrected chi connectivity index (χ1v) is 16.3. The fraction of sp³-hybridized carbons (Fsp3) is 0.351. The van der Waals surface area contributed by atoms with E-state index in [0.717, 1.165) is 47.6 Å². The third kappa shape index (κ3) is 8.80. The number of pyridine rings is 2. The van der Waals surface area contributed by atoms with E-state index in [1.807, 2.05) is 73.8 Å². The lowest BCUT2D eigenvalue weighted by atomic mass is 10.1. The molecule has 11 nitrogen and oxygen atoms in total. The van der Waals surface area contributed by atoms with Gasteiger partial charge in [-0.2, -0.15) is 4.98 Å². The van der Waals surface area contributed by atoms with Crippen LogP contribution in [0.25, 0.3) is 10.9 Å². The Kier molecular flexibility index (Phi) is 11.8. The highest BCUT2D eigenvalue weighted by Gasteiger charge is 2.20. The van der Waals surface area contributed by atoms with Gasteiger partial charge in [0.1, 0.15) is 29.3 Å². The minimum absolute atomic E-state index is 0.102. The van der Waals surface area contributed by atoms with E-state index in [1.165, 1.54) is 0 Å². The van der Waals surface area contributed by atoms with Crippen LogP contribution in [0.4, 0.5) is 11.8 Å². The van der Waals surface area contributed by atoms with Gasteiger partial charge in [-0.3, -0.25) is 4.79 Å². The molecule has 5 aromatic rings. The molecule has 3 aromatic heterocycles. The maximum atomic E-state index is 14.1. The second-order valence-electron chi connectivity index (χ2n) is 11.7. The van der Waals surface area contributed by atoms with E-state index < -0.39 is 0 Å². The van der Waals surface area contributed by atoms with Crippen molar-refractivity contribution in [3.63, 3.8) is 0 Å². The molecule has 48 heavy (non-hydrogen) atoms. The van der Waals surface area contributed by atoms with Gasteiger partial charge >= 0.3 is 0 Å². The minimum atomic E-state index is -0.170. The number of nitrogens with one attached hydrogen (secondary N) is 2. The summed E-state index contributed by atoms with van der Waals surface area (Å²) in [4.78, 5) is 30.6.